The largest absolute Gasteiger partial charge is 0.490 e. The van der Waals surface area contributed by atoms with Crippen LogP contribution in [0.15, 0.2) is 24.3 Å². The van der Waals surface area contributed by atoms with Gasteiger partial charge in [-0.3, -0.25) is 9.69 Å². The number of amides is 1. The molecule has 1 heterocycles. The van der Waals surface area contributed by atoms with Gasteiger partial charge in [-0.15, -0.1) is 0 Å². The molecule has 0 bridgehead atoms. The molecule has 1 aromatic carbocycles. The highest BCUT2D eigenvalue weighted by atomic mass is 19.1. The number of nitrogens with two attached hydrogens (primary N) is 1. The Morgan fingerprint density at radius 2 is 2.37 bits per heavy atom. The van der Waals surface area contributed by atoms with Gasteiger partial charge >= 0.3 is 0 Å². The number of rotatable bonds is 5. The highest BCUT2D eigenvalue weighted by Crippen LogP contribution is 2.23. The van der Waals surface area contributed by atoms with Gasteiger partial charge in [-0.2, -0.15) is 0 Å². The van der Waals surface area contributed by atoms with Gasteiger partial charge in [0.05, 0.1) is 6.54 Å². The Morgan fingerprint density at radius 1 is 1.58 bits per heavy atom. The SMILES string of the molecule is NC(=O)CN1CC[C@@](O)(COc2cccc(F)c2)C1. The highest BCUT2D eigenvalue weighted by Gasteiger charge is 2.37. The molecule has 1 amide bonds. The van der Waals surface area contributed by atoms with Crippen LogP contribution in [0.25, 0.3) is 0 Å². The minimum atomic E-state index is -1.03. The molecule has 0 aromatic heterocycles. The Balaban J connectivity index is 1.87. The van der Waals surface area contributed by atoms with Crippen LogP contribution in [0.3, 0.4) is 0 Å². The van der Waals surface area contributed by atoms with Gasteiger partial charge in [-0.1, -0.05) is 6.07 Å². The number of carbonyl (C=O) groups excluding carboxylic acids is 1. The van der Waals surface area contributed by atoms with E-state index in [0.29, 0.717) is 25.3 Å². The Labute approximate surface area is 110 Å². The molecule has 0 unspecified atom stereocenters. The van der Waals surface area contributed by atoms with Crippen LogP contribution in [0.5, 0.6) is 5.75 Å². The molecule has 0 spiro atoms. The van der Waals surface area contributed by atoms with Crippen LogP contribution in [0.1, 0.15) is 6.42 Å². The molecule has 1 saturated heterocycles. The maximum Gasteiger partial charge on any atom is 0.231 e. The van der Waals surface area contributed by atoms with Crippen LogP contribution in [0.4, 0.5) is 4.39 Å². The molecule has 104 valence electrons. The van der Waals surface area contributed by atoms with Gasteiger partial charge in [0, 0.05) is 19.2 Å². The van der Waals surface area contributed by atoms with Crippen molar-refractivity contribution in [3.63, 3.8) is 0 Å². The van der Waals surface area contributed by atoms with E-state index in [1.165, 1.54) is 12.1 Å². The molecular formula is C13H17FN2O3. The predicted molar refractivity (Wildman–Crippen MR) is 67.1 cm³/mol. The second-order valence-corrected chi connectivity index (χ2v) is 4.90. The van der Waals surface area contributed by atoms with E-state index in [1.807, 2.05) is 0 Å². The fraction of sp³-hybridized carbons (Fsp3) is 0.462. The number of carbonyl (C=O) groups is 1. The average Bonchev–Trinajstić information content (AvgIpc) is 2.68. The van der Waals surface area contributed by atoms with Crippen molar-refractivity contribution in [1.82, 2.24) is 4.90 Å². The number of benzene rings is 1. The van der Waals surface area contributed by atoms with Gasteiger partial charge in [-0.25, -0.2) is 4.39 Å². The lowest BCUT2D eigenvalue weighted by Crippen LogP contribution is -2.41. The standard InChI is InChI=1S/C13H17FN2O3/c14-10-2-1-3-11(6-10)19-9-13(18)4-5-16(8-13)7-12(15)17/h1-3,6,18H,4-5,7-9H2,(H2,15,17)/t13-/m0/s1. The summed E-state index contributed by atoms with van der Waals surface area (Å²) < 4.78 is 18.4. The number of hydrogen-bond donors (Lipinski definition) is 2. The molecule has 3 N–H and O–H groups in total. The molecule has 0 aliphatic carbocycles. The molecule has 1 aliphatic heterocycles. The van der Waals surface area contributed by atoms with Gasteiger partial charge in [0.15, 0.2) is 0 Å². The molecule has 1 fully saturated rings. The second-order valence-electron chi connectivity index (χ2n) is 4.90. The molecular weight excluding hydrogens is 251 g/mol. The first-order valence-electron chi connectivity index (χ1n) is 6.08. The van der Waals surface area contributed by atoms with Crippen molar-refractivity contribution in [3.05, 3.63) is 30.1 Å². The van der Waals surface area contributed by atoms with E-state index >= 15 is 0 Å². The number of nitrogens with zero attached hydrogens (tertiary/aromatic N) is 1. The van der Waals surface area contributed by atoms with Gasteiger partial charge in [0.1, 0.15) is 23.8 Å². The minimum absolute atomic E-state index is 0.0612. The highest BCUT2D eigenvalue weighted by molar-refractivity contribution is 5.75. The molecule has 6 heteroatoms. The third kappa shape index (κ3) is 3.90. The second kappa shape index (κ2) is 5.54. The molecule has 1 atom stereocenters. The van der Waals surface area contributed by atoms with Gasteiger partial charge in [0.2, 0.25) is 5.91 Å². The quantitative estimate of drug-likeness (QED) is 0.795. The van der Waals surface area contributed by atoms with Crippen LogP contribution in [-0.2, 0) is 4.79 Å². The minimum Gasteiger partial charge on any atom is -0.490 e. The molecule has 1 aromatic rings. The van der Waals surface area contributed by atoms with E-state index in [2.05, 4.69) is 0 Å². The third-order valence-electron chi connectivity index (χ3n) is 3.09. The summed E-state index contributed by atoms with van der Waals surface area (Å²) in [6.45, 7) is 1.10. The first kappa shape index (κ1) is 13.8. The summed E-state index contributed by atoms with van der Waals surface area (Å²) >= 11 is 0. The van der Waals surface area contributed by atoms with Crippen LogP contribution in [0.2, 0.25) is 0 Å². The summed E-state index contributed by atoms with van der Waals surface area (Å²) in [4.78, 5) is 12.6. The normalized spacial score (nSPS) is 23.5. The van der Waals surface area contributed by atoms with Crippen molar-refractivity contribution < 1.29 is 19.0 Å². The van der Waals surface area contributed by atoms with E-state index < -0.39 is 11.5 Å². The molecule has 1 aliphatic rings. The number of aliphatic hydroxyl groups is 1. The van der Waals surface area contributed by atoms with Crippen molar-refractivity contribution in [2.45, 2.75) is 12.0 Å². The first-order chi connectivity index (χ1) is 8.97. The molecule has 2 rings (SSSR count). The maximum atomic E-state index is 13.0. The summed E-state index contributed by atoms with van der Waals surface area (Å²) in [6, 6.07) is 5.76. The lowest BCUT2D eigenvalue weighted by atomic mass is 10.1. The third-order valence-corrected chi connectivity index (χ3v) is 3.09. The fourth-order valence-corrected chi connectivity index (χ4v) is 2.19. The number of primary amides is 1. The average molecular weight is 268 g/mol. The predicted octanol–water partition coefficient (Wildman–Crippen LogP) is 0.127. The Morgan fingerprint density at radius 3 is 3.05 bits per heavy atom. The molecule has 0 radical (unpaired) electrons. The summed E-state index contributed by atoms with van der Waals surface area (Å²) in [6.07, 6.45) is 0.496. The Kier molecular flexibility index (Phi) is 4.01. The van der Waals surface area contributed by atoms with E-state index in [-0.39, 0.29) is 19.0 Å². The van der Waals surface area contributed by atoms with Crippen molar-refractivity contribution in [2.75, 3.05) is 26.2 Å². The van der Waals surface area contributed by atoms with Crippen molar-refractivity contribution in [3.8, 4) is 5.75 Å². The van der Waals surface area contributed by atoms with Crippen molar-refractivity contribution in [1.29, 1.82) is 0 Å². The Hall–Kier alpha value is -1.66. The van der Waals surface area contributed by atoms with Crippen LogP contribution in [-0.4, -0.2) is 47.8 Å². The zero-order valence-electron chi connectivity index (χ0n) is 10.5. The van der Waals surface area contributed by atoms with Gasteiger partial charge < -0.3 is 15.6 Å². The topological polar surface area (TPSA) is 75.8 Å². The lowest BCUT2D eigenvalue weighted by Gasteiger charge is -2.23. The summed E-state index contributed by atoms with van der Waals surface area (Å²) in [7, 11) is 0. The van der Waals surface area contributed by atoms with Crippen LogP contribution < -0.4 is 10.5 Å². The summed E-state index contributed by atoms with van der Waals surface area (Å²) in [5.74, 6) is -0.427. The van der Waals surface area contributed by atoms with E-state index in [1.54, 1.807) is 17.0 Å². The zero-order chi connectivity index (χ0) is 13.9. The smallest absolute Gasteiger partial charge is 0.231 e. The number of β-amino-alcohol motifs (C(OH)–C–C–N with tert-alkyl or cyclic N) is 1. The first-order valence-corrected chi connectivity index (χ1v) is 6.08. The summed E-state index contributed by atoms with van der Waals surface area (Å²) in [5.41, 5.74) is 4.08. The monoisotopic (exact) mass is 268 g/mol. The molecule has 19 heavy (non-hydrogen) atoms. The van der Waals surface area contributed by atoms with Crippen molar-refractivity contribution >= 4 is 5.91 Å². The zero-order valence-corrected chi connectivity index (χ0v) is 10.5. The maximum absolute atomic E-state index is 13.0. The summed E-state index contributed by atoms with van der Waals surface area (Å²) in [5, 5.41) is 10.3. The number of hydrogen-bond acceptors (Lipinski definition) is 4. The van der Waals surface area contributed by atoms with E-state index in [4.69, 9.17) is 10.5 Å². The molecule has 0 saturated carbocycles. The van der Waals surface area contributed by atoms with Crippen LogP contribution >= 0.6 is 0 Å². The van der Waals surface area contributed by atoms with Gasteiger partial charge in [0.25, 0.3) is 0 Å². The van der Waals surface area contributed by atoms with Gasteiger partial charge in [-0.05, 0) is 18.6 Å². The van der Waals surface area contributed by atoms with E-state index in [9.17, 15) is 14.3 Å². The number of ether oxygens (including phenoxy) is 1. The van der Waals surface area contributed by atoms with E-state index in [0.717, 1.165) is 0 Å². The fourth-order valence-electron chi connectivity index (χ4n) is 2.19. The Bertz CT molecular complexity index is 469. The number of halogens is 1. The molecule has 5 nitrogen and oxygen atoms in total. The van der Waals surface area contributed by atoms with Crippen molar-refractivity contribution in [2.24, 2.45) is 5.73 Å². The van der Waals surface area contributed by atoms with Crippen LogP contribution in [0, 0.1) is 5.82 Å². The number of likely N-dealkylation sites (tertiary alicyclic amines) is 1. The lowest BCUT2D eigenvalue weighted by molar-refractivity contribution is -0.119.